The Morgan fingerprint density at radius 2 is 1.89 bits per heavy atom. The molecule has 0 aliphatic carbocycles. The lowest BCUT2D eigenvalue weighted by Gasteiger charge is -2.30. The predicted molar refractivity (Wildman–Crippen MR) is 76.3 cm³/mol. The number of rotatable bonds is 1. The van der Waals surface area contributed by atoms with Crippen molar-refractivity contribution in [1.82, 2.24) is 4.90 Å². The number of benzene rings is 1. The Labute approximate surface area is 115 Å². The van der Waals surface area contributed by atoms with Crippen LogP contribution >= 0.6 is 0 Å². The van der Waals surface area contributed by atoms with Crippen molar-refractivity contribution >= 4 is 5.91 Å². The summed E-state index contributed by atoms with van der Waals surface area (Å²) >= 11 is 0. The van der Waals surface area contributed by atoms with Gasteiger partial charge in [0, 0.05) is 18.7 Å². The van der Waals surface area contributed by atoms with E-state index in [0.717, 1.165) is 19.4 Å². The Bertz CT molecular complexity index is 445. The molecule has 19 heavy (non-hydrogen) atoms. The minimum atomic E-state index is -0.369. The van der Waals surface area contributed by atoms with Gasteiger partial charge in [-0.05, 0) is 36.0 Å². The average molecular weight is 261 g/mol. The van der Waals surface area contributed by atoms with Crippen LogP contribution in [0.4, 0.5) is 0 Å². The monoisotopic (exact) mass is 261 g/mol. The molecule has 3 nitrogen and oxygen atoms in total. The Kier molecular flexibility index (Phi) is 3.95. The summed E-state index contributed by atoms with van der Waals surface area (Å²) in [7, 11) is 0. The number of hydrogen-bond acceptors (Lipinski definition) is 2. The third kappa shape index (κ3) is 3.35. The highest BCUT2D eigenvalue weighted by Gasteiger charge is 2.23. The summed E-state index contributed by atoms with van der Waals surface area (Å²) in [6.07, 6.45) is 1.31. The third-order valence-corrected chi connectivity index (χ3v) is 3.68. The summed E-state index contributed by atoms with van der Waals surface area (Å²) < 4.78 is 0. The third-order valence-electron chi connectivity index (χ3n) is 3.68. The molecule has 1 aliphatic heterocycles. The number of hydrogen-bond donors (Lipinski definition) is 1. The SMILES string of the molecule is CC(C)(C)c1ccc(C(=O)N2CCC[C@@H](O)C2)cc1. The number of aliphatic hydroxyl groups excluding tert-OH is 1. The number of piperidine rings is 1. The van der Waals surface area contributed by atoms with Gasteiger partial charge in [0.15, 0.2) is 0 Å². The highest BCUT2D eigenvalue weighted by Crippen LogP contribution is 2.23. The molecule has 1 atom stereocenters. The molecule has 0 saturated carbocycles. The van der Waals surface area contributed by atoms with Crippen molar-refractivity contribution in [2.45, 2.75) is 45.1 Å². The van der Waals surface area contributed by atoms with Crippen LogP contribution in [0.15, 0.2) is 24.3 Å². The fourth-order valence-corrected chi connectivity index (χ4v) is 2.43. The Morgan fingerprint density at radius 3 is 2.42 bits per heavy atom. The van der Waals surface area contributed by atoms with Gasteiger partial charge in [0.1, 0.15) is 0 Å². The standard InChI is InChI=1S/C16H23NO2/c1-16(2,3)13-8-6-12(7-9-13)15(19)17-10-4-5-14(18)11-17/h6-9,14,18H,4-5,10-11H2,1-3H3/t14-/m1/s1. The first-order chi connectivity index (χ1) is 8.88. The number of amides is 1. The molecular formula is C16H23NO2. The number of β-amino-alcohol motifs (C(OH)–C–C–N with tert-alkyl or cyclic N) is 1. The molecule has 1 aromatic rings. The van der Waals surface area contributed by atoms with Gasteiger partial charge in [0.25, 0.3) is 5.91 Å². The highest BCUT2D eigenvalue weighted by molar-refractivity contribution is 5.94. The normalized spacial score (nSPS) is 20.4. The summed E-state index contributed by atoms with van der Waals surface area (Å²) in [4.78, 5) is 14.1. The number of aliphatic hydroxyl groups is 1. The van der Waals surface area contributed by atoms with E-state index >= 15 is 0 Å². The quantitative estimate of drug-likeness (QED) is 0.844. The van der Waals surface area contributed by atoms with E-state index in [-0.39, 0.29) is 17.4 Å². The van der Waals surface area contributed by atoms with Crippen LogP contribution in [0.5, 0.6) is 0 Å². The molecule has 1 aliphatic rings. The average Bonchev–Trinajstić information content (AvgIpc) is 2.37. The van der Waals surface area contributed by atoms with Gasteiger partial charge in [-0.25, -0.2) is 0 Å². The van der Waals surface area contributed by atoms with Crippen LogP contribution in [-0.2, 0) is 5.41 Å². The maximum absolute atomic E-state index is 12.3. The molecule has 104 valence electrons. The number of likely N-dealkylation sites (tertiary alicyclic amines) is 1. The van der Waals surface area contributed by atoms with E-state index in [1.807, 2.05) is 24.3 Å². The molecule has 0 aromatic heterocycles. The minimum absolute atomic E-state index is 0.0270. The summed E-state index contributed by atoms with van der Waals surface area (Å²) in [5.74, 6) is 0.0270. The highest BCUT2D eigenvalue weighted by atomic mass is 16.3. The fraction of sp³-hybridized carbons (Fsp3) is 0.562. The van der Waals surface area contributed by atoms with Gasteiger partial charge < -0.3 is 10.0 Å². The van der Waals surface area contributed by atoms with Crippen molar-refractivity contribution in [3.63, 3.8) is 0 Å². The smallest absolute Gasteiger partial charge is 0.253 e. The summed E-state index contributed by atoms with van der Waals surface area (Å²) in [5, 5.41) is 9.63. The second-order valence-electron chi connectivity index (χ2n) is 6.37. The topological polar surface area (TPSA) is 40.5 Å². The zero-order valence-corrected chi connectivity index (χ0v) is 12.0. The van der Waals surface area contributed by atoms with E-state index in [2.05, 4.69) is 20.8 Å². The van der Waals surface area contributed by atoms with E-state index in [1.54, 1.807) is 4.90 Å². The van der Waals surface area contributed by atoms with E-state index in [4.69, 9.17) is 0 Å². The maximum Gasteiger partial charge on any atom is 0.253 e. The lowest BCUT2D eigenvalue weighted by molar-refractivity contribution is 0.0473. The zero-order chi connectivity index (χ0) is 14.0. The van der Waals surface area contributed by atoms with E-state index in [1.165, 1.54) is 5.56 Å². The zero-order valence-electron chi connectivity index (χ0n) is 12.0. The van der Waals surface area contributed by atoms with Gasteiger partial charge in [0.05, 0.1) is 6.10 Å². The van der Waals surface area contributed by atoms with Crippen molar-refractivity contribution in [1.29, 1.82) is 0 Å². The predicted octanol–water partition coefficient (Wildman–Crippen LogP) is 2.58. The fourth-order valence-electron chi connectivity index (χ4n) is 2.43. The molecule has 1 saturated heterocycles. The molecule has 1 amide bonds. The lowest BCUT2D eigenvalue weighted by Crippen LogP contribution is -2.42. The molecule has 0 bridgehead atoms. The molecule has 1 N–H and O–H groups in total. The van der Waals surface area contributed by atoms with Crippen LogP contribution in [0.2, 0.25) is 0 Å². The molecule has 0 spiro atoms. The first kappa shape index (κ1) is 14.1. The Hall–Kier alpha value is -1.35. The number of carbonyl (C=O) groups excluding carboxylic acids is 1. The minimum Gasteiger partial charge on any atom is -0.391 e. The van der Waals surface area contributed by atoms with Crippen LogP contribution in [0.25, 0.3) is 0 Å². The first-order valence-corrected chi connectivity index (χ1v) is 6.96. The van der Waals surface area contributed by atoms with Gasteiger partial charge in [0.2, 0.25) is 0 Å². The van der Waals surface area contributed by atoms with Crippen molar-refractivity contribution < 1.29 is 9.90 Å². The summed E-state index contributed by atoms with van der Waals surface area (Å²) in [5.41, 5.74) is 2.04. The van der Waals surface area contributed by atoms with Crippen LogP contribution in [0.1, 0.15) is 49.5 Å². The molecule has 0 unspecified atom stereocenters. The van der Waals surface area contributed by atoms with E-state index in [9.17, 15) is 9.90 Å². The van der Waals surface area contributed by atoms with Crippen LogP contribution < -0.4 is 0 Å². The largest absolute Gasteiger partial charge is 0.391 e. The Balaban J connectivity index is 2.11. The molecular weight excluding hydrogens is 238 g/mol. The van der Waals surface area contributed by atoms with Crippen molar-refractivity contribution in [2.75, 3.05) is 13.1 Å². The van der Waals surface area contributed by atoms with Crippen molar-refractivity contribution in [3.05, 3.63) is 35.4 Å². The molecule has 3 heteroatoms. The van der Waals surface area contributed by atoms with Crippen molar-refractivity contribution in [2.24, 2.45) is 0 Å². The molecule has 1 heterocycles. The van der Waals surface area contributed by atoms with E-state index < -0.39 is 0 Å². The lowest BCUT2D eigenvalue weighted by atomic mass is 9.86. The second-order valence-corrected chi connectivity index (χ2v) is 6.37. The van der Waals surface area contributed by atoms with Crippen LogP contribution in [0, 0.1) is 0 Å². The number of carbonyl (C=O) groups is 1. The molecule has 0 radical (unpaired) electrons. The second kappa shape index (κ2) is 5.33. The summed E-state index contributed by atoms with van der Waals surface area (Å²) in [6.45, 7) is 7.68. The summed E-state index contributed by atoms with van der Waals surface area (Å²) in [6, 6.07) is 7.83. The maximum atomic E-state index is 12.3. The van der Waals surface area contributed by atoms with Crippen LogP contribution in [-0.4, -0.2) is 35.1 Å². The van der Waals surface area contributed by atoms with E-state index in [0.29, 0.717) is 12.1 Å². The van der Waals surface area contributed by atoms with Gasteiger partial charge in [-0.2, -0.15) is 0 Å². The van der Waals surface area contributed by atoms with Gasteiger partial charge in [-0.1, -0.05) is 32.9 Å². The molecule has 1 fully saturated rings. The van der Waals surface area contributed by atoms with Gasteiger partial charge >= 0.3 is 0 Å². The van der Waals surface area contributed by atoms with Gasteiger partial charge in [-0.3, -0.25) is 4.79 Å². The molecule has 2 rings (SSSR count). The van der Waals surface area contributed by atoms with Crippen LogP contribution in [0.3, 0.4) is 0 Å². The van der Waals surface area contributed by atoms with Crippen molar-refractivity contribution in [3.8, 4) is 0 Å². The number of nitrogens with zero attached hydrogens (tertiary/aromatic N) is 1. The Morgan fingerprint density at radius 1 is 1.26 bits per heavy atom. The molecule has 1 aromatic carbocycles. The first-order valence-electron chi connectivity index (χ1n) is 6.96. The van der Waals surface area contributed by atoms with Gasteiger partial charge in [-0.15, -0.1) is 0 Å².